The molecule has 0 atom stereocenters. The van der Waals surface area contributed by atoms with E-state index in [1.807, 2.05) is 47.0 Å². The second-order valence-corrected chi connectivity index (χ2v) is 7.70. The molecule has 0 spiro atoms. The fraction of sp³-hybridized carbons (Fsp3) is 0.182. The van der Waals surface area contributed by atoms with Gasteiger partial charge in [0.25, 0.3) is 0 Å². The van der Waals surface area contributed by atoms with Crippen LogP contribution in [-0.4, -0.2) is 38.2 Å². The van der Waals surface area contributed by atoms with E-state index in [-0.39, 0.29) is 0 Å². The largest absolute Gasteiger partial charge is 0.377 e. The highest BCUT2D eigenvalue weighted by atomic mass is 32.1. The summed E-state index contributed by atoms with van der Waals surface area (Å²) in [5, 5.41) is 15.2. The van der Waals surface area contributed by atoms with E-state index >= 15 is 0 Å². The minimum Gasteiger partial charge on any atom is -0.377 e. The molecule has 0 unspecified atom stereocenters. The normalized spacial score (nSPS) is 11.4. The van der Waals surface area contributed by atoms with Crippen LogP contribution in [0, 0.1) is 0 Å². The molecule has 5 rings (SSSR count). The molecule has 150 valence electrons. The van der Waals surface area contributed by atoms with Gasteiger partial charge in [0.05, 0.1) is 5.39 Å². The predicted octanol–water partition coefficient (Wildman–Crippen LogP) is 4.20. The summed E-state index contributed by atoms with van der Waals surface area (Å²) < 4.78 is 7.27. The topological polar surface area (TPSA) is 77.2 Å². The van der Waals surface area contributed by atoms with Gasteiger partial charge < -0.3 is 10.1 Å². The third-order valence-electron chi connectivity index (χ3n) is 4.86. The number of anilines is 1. The van der Waals surface area contributed by atoms with Gasteiger partial charge in [-0.3, -0.25) is 4.40 Å². The number of nitrogens with one attached hydrogen (secondary N) is 1. The highest BCUT2D eigenvalue weighted by Crippen LogP contribution is 2.36. The lowest BCUT2D eigenvalue weighted by Crippen LogP contribution is -2.10. The first-order valence-electron chi connectivity index (χ1n) is 9.68. The van der Waals surface area contributed by atoms with Crippen molar-refractivity contribution in [3.05, 3.63) is 71.8 Å². The van der Waals surface area contributed by atoms with Crippen molar-refractivity contribution < 1.29 is 4.74 Å². The van der Waals surface area contributed by atoms with Crippen molar-refractivity contribution >= 4 is 33.0 Å². The summed E-state index contributed by atoms with van der Waals surface area (Å²) in [6.07, 6.45) is 2.71. The summed E-state index contributed by atoms with van der Waals surface area (Å²) in [7, 11) is 1.65. The molecule has 0 saturated carbocycles. The Labute approximate surface area is 177 Å². The van der Waals surface area contributed by atoms with Crippen molar-refractivity contribution in [3.8, 4) is 11.1 Å². The number of rotatable bonds is 7. The predicted molar refractivity (Wildman–Crippen MR) is 119 cm³/mol. The van der Waals surface area contributed by atoms with E-state index < -0.39 is 0 Å². The Kier molecular flexibility index (Phi) is 5.08. The molecule has 8 heteroatoms. The molecule has 0 aliphatic carbocycles. The number of pyridine rings is 1. The number of hydrogen-bond donors (Lipinski definition) is 1. The Morgan fingerprint density at radius 2 is 1.90 bits per heavy atom. The first-order chi connectivity index (χ1) is 14.8. The first kappa shape index (κ1) is 18.7. The van der Waals surface area contributed by atoms with Crippen molar-refractivity contribution in [2.24, 2.45) is 0 Å². The van der Waals surface area contributed by atoms with Crippen LogP contribution in [0.5, 0.6) is 0 Å². The summed E-state index contributed by atoms with van der Waals surface area (Å²) in [6, 6.07) is 16.2. The highest BCUT2D eigenvalue weighted by Gasteiger charge is 2.15. The van der Waals surface area contributed by atoms with Gasteiger partial charge in [-0.2, -0.15) is 0 Å². The van der Waals surface area contributed by atoms with Crippen LogP contribution in [0.1, 0.15) is 11.6 Å². The summed E-state index contributed by atoms with van der Waals surface area (Å²) in [5.41, 5.74) is 3.14. The van der Waals surface area contributed by atoms with Crippen LogP contribution in [0.15, 0.2) is 60.1 Å². The van der Waals surface area contributed by atoms with Gasteiger partial charge in [0.2, 0.25) is 0 Å². The van der Waals surface area contributed by atoms with Crippen molar-refractivity contribution in [2.75, 3.05) is 19.0 Å². The summed E-state index contributed by atoms with van der Waals surface area (Å²) in [4.78, 5) is 10.4. The zero-order valence-corrected chi connectivity index (χ0v) is 17.3. The van der Waals surface area contributed by atoms with Crippen molar-refractivity contribution in [1.82, 2.24) is 24.6 Å². The van der Waals surface area contributed by atoms with Gasteiger partial charge >= 0.3 is 0 Å². The van der Waals surface area contributed by atoms with Gasteiger partial charge in [-0.25, -0.2) is 9.97 Å². The lowest BCUT2D eigenvalue weighted by molar-refractivity contribution is 0.178. The maximum absolute atomic E-state index is 5.27. The van der Waals surface area contributed by atoms with E-state index in [1.54, 1.807) is 18.4 Å². The molecule has 0 saturated heterocycles. The van der Waals surface area contributed by atoms with Crippen molar-refractivity contribution in [2.45, 2.75) is 13.0 Å². The summed E-state index contributed by atoms with van der Waals surface area (Å²) in [6.45, 7) is 1.05. The molecule has 1 aromatic carbocycles. The lowest BCUT2D eigenvalue weighted by atomic mass is 10.1. The maximum atomic E-state index is 5.27. The second kappa shape index (κ2) is 8.17. The summed E-state index contributed by atoms with van der Waals surface area (Å²) >= 11 is 1.62. The number of nitrogens with zero attached hydrogens (tertiary/aromatic N) is 5. The number of hydrogen-bond acceptors (Lipinski definition) is 7. The van der Waals surface area contributed by atoms with Crippen LogP contribution in [0.4, 0.5) is 5.82 Å². The number of methoxy groups -OCH3 is 1. The number of aromatic nitrogens is 5. The molecule has 1 N–H and O–H groups in total. The molecule has 0 radical (unpaired) electrons. The second-order valence-electron chi connectivity index (χ2n) is 6.84. The van der Waals surface area contributed by atoms with Crippen LogP contribution in [0.3, 0.4) is 0 Å². The molecule has 0 aliphatic rings. The molecule has 0 fully saturated rings. The van der Waals surface area contributed by atoms with E-state index in [0.29, 0.717) is 19.0 Å². The first-order valence-corrected chi connectivity index (χ1v) is 10.6. The molecule has 4 aromatic heterocycles. The molecule has 0 amide bonds. The van der Waals surface area contributed by atoms with Crippen LogP contribution in [0.25, 0.3) is 27.0 Å². The smallest absolute Gasteiger partial charge is 0.160 e. The Bertz CT molecular complexity index is 1300. The molecule has 0 aliphatic heterocycles. The van der Waals surface area contributed by atoms with Gasteiger partial charge in [0.1, 0.15) is 23.1 Å². The maximum Gasteiger partial charge on any atom is 0.160 e. The van der Waals surface area contributed by atoms with Crippen LogP contribution in [-0.2, 0) is 17.8 Å². The lowest BCUT2D eigenvalue weighted by Gasteiger charge is -2.10. The third kappa shape index (κ3) is 3.51. The SMILES string of the molecule is COCc1nc(NCCc2nnc3ccccn23)c2c(-c3ccccc3)csc2n1. The fourth-order valence-corrected chi connectivity index (χ4v) is 4.46. The molecular formula is C22H20N6OS. The van der Waals surface area contributed by atoms with Gasteiger partial charge in [-0.05, 0) is 17.7 Å². The van der Waals surface area contributed by atoms with Crippen LogP contribution >= 0.6 is 11.3 Å². The Morgan fingerprint density at radius 3 is 2.77 bits per heavy atom. The minimum absolute atomic E-state index is 0.373. The number of ether oxygens (including phenoxy) is 1. The number of fused-ring (bicyclic) bond motifs is 2. The average molecular weight is 417 g/mol. The van der Waals surface area contributed by atoms with E-state index in [9.17, 15) is 0 Å². The van der Waals surface area contributed by atoms with E-state index in [4.69, 9.17) is 9.72 Å². The van der Waals surface area contributed by atoms with Gasteiger partial charge in [0, 0.05) is 37.2 Å². The molecule has 0 bridgehead atoms. The van der Waals surface area contributed by atoms with Gasteiger partial charge in [-0.1, -0.05) is 36.4 Å². The van der Waals surface area contributed by atoms with E-state index in [0.717, 1.165) is 45.1 Å². The monoisotopic (exact) mass is 416 g/mol. The zero-order chi connectivity index (χ0) is 20.3. The third-order valence-corrected chi connectivity index (χ3v) is 5.74. The Morgan fingerprint density at radius 1 is 1.03 bits per heavy atom. The van der Waals surface area contributed by atoms with Gasteiger partial charge in [-0.15, -0.1) is 21.5 Å². The molecular weight excluding hydrogens is 396 g/mol. The quantitative estimate of drug-likeness (QED) is 0.428. The highest BCUT2D eigenvalue weighted by molar-refractivity contribution is 7.17. The number of thiophene rings is 1. The standard InChI is InChI=1S/C22H20N6OS/c1-29-13-17-24-21(23-11-10-19-27-26-18-9-5-6-12-28(18)19)20-16(14-30-22(20)25-17)15-7-3-2-4-8-15/h2-9,12,14H,10-11,13H2,1H3,(H,23,24,25). The molecule has 30 heavy (non-hydrogen) atoms. The average Bonchev–Trinajstić information content (AvgIpc) is 3.39. The van der Waals surface area contributed by atoms with E-state index in [2.05, 4.69) is 38.0 Å². The summed E-state index contributed by atoms with van der Waals surface area (Å²) in [5.74, 6) is 2.40. The van der Waals surface area contributed by atoms with Crippen molar-refractivity contribution in [3.63, 3.8) is 0 Å². The van der Waals surface area contributed by atoms with Crippen LogP contribution < -0.4 is 5.32 Å². The number of benzene rings is 1. The Hall–Kier alpha value is -3.36. The van der Waals surface area contributed by atoms with Gasteiger partial charge in [0.15, 0.2) is 11.5 Å². The molecule has 4 heterocycles. The molecule has 7 nitrogen and oxygen atoms in total. The Balaban J connectivity index is 1.47. The fourth-order valence-electron chi connectivity index (χ4n) is 3.49. The van der Waals surface area contributed by atoms with Crippen molar-refractivity contribution in [1.29, 1.82) is 0 Å². The zero-order valence-electron chi connectivity index (χ0n) is 16.4. The van der Waals surface area contributed by atoms with E-state index in [1.165, 1.54) is 0 Å². The van der Waals surface area contributed by atoms with Crippen LogP contribution in [0.2, 0.25) is 0 Å². The molecule has 5 aromatic rings. The minimum atomic E-state index is 0.373.